The average Bonchev–Trinajstić information content (AvgIpc) is 3.08. The van der Waals surface area contributed by atoms with Crippen molar-refractivity contribution in [3.8, 4) is 0 Å². The number of fused-ring (bicyclic) bond motifs is 3. The van der Waals surface area contributed by atoms with E-state index in [0.29, 0.717) is 11.2 Å². The minimum atomic E-state index is -1.05. The van der Waals surface area contributed by atoms with Gasteiger partial charge in [0.05, 0.1) is 11.9 Å². The van der Waals surface area contributed by atoms with E-state index in [0.717, 1.165) is 42.4 Å². The second kappa shape index (κ2) is 8.12. The lowest BCUT2D eigenvalue weighted by atomic mass is 9.89. The number of hydrogen-bond acceptors (Lipinski definition) is 6. The normalized spacial score (nSPS) is 15.4. The zero-order valence-corrected chi connectivity index (χ0v) is 17.7. The van der Waals surface area contributed by atoms with E-state index >= 15 is 0 Å². The highest BCUT2D eigenvalue weighted by atomic mass is 16.5. The van der Waals surface area contributed by atoms with Crippen LogP contribution in [0.25, 0.3) is 16.6 Å². The molecule has 1 aliphatic heterocycles. The number of carbonyl (C=O) groups excluding carboxylic acids is 1. The molecular formula is C24H23N3O5. The van der Waals surface area contributed by atoms with E-state index < -0.39 is 11.3 Å². The molecule has 32 heavy (non-hydrogen) atoms. The van der Waals surface area contributed by atoms with Gasteiger partial charge in [-0.25, -0.2) is 9.59 Å². The summed E-state index contributed by atoms with van der Waals surface area (Å²) in [5.41, 5.74) is 1.20. The molecule has 1 aliphatic rings. The van der Waals surface area contributed by atoms with E-state index in [1.165, 1.54) is 4.57 Å². The van der Waals surface area contributed by atoms with E-state index in [4.69, 9.17) is 8.94 Å². The maximum Gasteiger partial charge on any atom is 0.442 e. The number of aromatic nitrogens is 1. The topological polar surface area (TPSA) is 97.2 Å². The van der Waals surface area contributed by atoms with Gasteiger partial charge in [0.2, 0.25) is 11.6 Å². The quantitative estimate of drug-likeness (QED) is 0.497. The van der Waals surface area contributed by atoms with Crippen LogP contribution in [-0.4, -0.2) is 35.5 Å². The molecule has 0 spiro atoms. The van der Waals surface area contributed by atoms with Gasteiger partial charge in [0, 0.05) is 16.6 Å². The summed E-state index contributed by atoms with van der Waals surface area (Å²) in [5, 5.41) is 3.75. The van der Waals surface area contributed by atoms with Gasteiger partial charge in [-0.1, -0.05) is 30.3 Å². The average molecular weight is 433 g/mol. The van der Waals surface area contributed by atoms with Gasteiger partial charge in [0.1, 0.15) is 0 Å². The first-order chi connectivity index (χ1) is 15.5. The maximum absolute atomic E-state index is 12.6. The van der Waals surface area contributed by atoms with Crippen LogP contribution in [0.5, 0.6) is 0 Å². The summed E-state index contributed by atoms with van der Waals surface area (Å²) in [6.45, 7) is 1.83. The molecule has 2 aromatic carbocycles. The van der Waals surface area contributed by atoms with Crippen LogP contribution in [0, 0.1) is 0 Å². The minimum absolute atomic E-state index is 0.127. The smallest absolute Gasteiger partial charge is 0.397 e. The molecule has 1 N–H and O–H groups in total. The van der Waals surface area contributed by atoms with Crippen molar-refractivity contribution in [3.63, 3.8) is 0 Å². The third-order valence-electron chi connectivity index (χ3n) is 6.07. The highest BCUT2D eigenvalue weighted by Crippen LogP contribution is 2.38. The molecule has 0 saturated carbocycles. The minimum Gasteiger partial charge on any atom is -0.397 e. The van der Waals surface area contributed by atoms with Crippen molar-refractivity contribution in [2.75, 3.05) is 25.5 Å². The molecule has 1 fully saturated rings. The van der Waals surface area contributed by atoms with Crippen LogP contribution in [0.15, 0.2) is 67.1 Å². The molecule has 1 amide bonds. The highest BCUT2D eigenvalue weighted by molar-refractivity contribution is 5.97. The largest absolute Gasteiger partial charge is 0.442 e. The van der Waals surface area contributed by atoms with Gasteiger partial charge < -0.3 is 19.2 Å². The number of amides is 1. The fourth-order valence-electron chi connectivity index (χ4n) is 4.46. The zero-order chi connectivity index (χ0) is 22.2. The van der Waals surface area contributed by atoms with E-state index in [2.05, 4.69) is 17.3 Å². The van der Waals surface area contributed by atoms with Crippen LogP contribution in [0.2, 0.25) is 0 Å². The Labute approximate surface area is 183 Å². The second-order valence-corrected chi connectivity index (χ2v) is 8.30. The fourth-order valence-corrected chi connectivity index (χ4v) is 4.46. The lowest BCUT2D eigenvalue weighted by molar-refractivity contribution is -0.115. The Morgan fingerprint density at radius 1 is 1.06 bits per heavy atom. The molecule has 1 saturated heterocycles. The number of carbonyl (C=O) groups is 1. The Kier molecular flexibility index (Phi) is 5.14. The number of hydrogen-bond donors (Lipinski definition) is 1. The van der Waals surface area contributed by atoms with Crippen molar-refractivity contribution in [3.05, 3.63) is 80.5 Å². The molecule has 164 valence electrons. The lowest BCUT2D eigenvalue weighted by Gasteiger charge is -2.28. The molecule has 0 atom stereocenters. The summed E-state index contributed by atoms with van der Waals surface area (Å²) >= 11 is 0. The number of anilines is 1. The summed E-state index contributed by atoms with van der Waals surface area (Å²) in [6, 6.07) is 14.9. The molecule has 4 aromatic rings. The van der Waals surface area contributed by atoms with E-state index in [1.54, 1.807) is 12.1 Å². The molecule has 2 aromatic heterocycles. The fraction of sp³-hybridized carbons (Fsp3) is 0.292. The summed E-state index contributed by atoms with van der Waals surface area (Å²) in [7, 11) is 2.08. The van der Waals surface area contributed by atoms with Crippen LogP contribution in [-0.2, 0) is 11.2 Å². The van der Waals surface area contributed by atoms with Gasteiger partial charge in [-0.05, 0) is 62.7 Å². The Morgan fingerprint density at radius 3 is 2.56 bits per heavy atom. The molecule has 3 heterocycles. The van der Waals surface area contributed by atoms with Gasteiger partial charge in [0.15, 0.2) is 0 Å². The van der Waals surface area contributed by atoms with E-state index in [9.17, 15) is 14.4 Å². The Balaban J connectivity index is 1.57. The number of piperidine rings is 1. The van der Waals surface area contributed by atoms with Gasteiger partial charge in [0.25, 0.3) is 0 Å². The van der Waals surface area contributed by atoms with Crippen LogP contribution >= 0.6 is 0 Å². The third kappa shape index (κ3) is 3.73. The van der Waals surface area contributed by atoms with Gasteiger partial charge in [-0.15, -0.1) is 4.57 Å². The molecule has 5 rings (SSSR count). The van der Waals surface area contributed by atoms with Crippen molar-refractivity contribution >= 4 is 28.2 Å². The van der Waals surface area contributed by atoms with E-state index in [-0.39, 0.29) is 24.0 Å². The monoisotopic (exact) mass is 433 g/mol. The summed E-state index contributed by atoms with van der Waals surface area (Å²) in [6.07, 6.45) is 2.04. The number of nitrogens with one attached hydrogen (secondary N) is 1. The molecule has 0 bridgehead atoms. The Hall–Kier alpha value is -3.65. The Bertz CT molecular complexity index is 1410. The first-order valence-corrected chi connectivity index (χ1v) is 10.6. The molecular weight excluding hydrogens is 410 g/mol. The lowest BCUT2D eigenvalue weighted by Crippen LogP contribution is -2.29. The number of benzene rings is 2. The number of likely N-dealkylation sites (tertiary alicyclic amines) is 1. The maximum atomic E-state index is 12.6. The highest BCUT2D eigenvalue weighted by Gasteiger charge is 2.27. The molecule has 0 aliphatic carbocycles. The van der Waals surface area contributed by atoms with Crippen LogP contribution in [0.1, 0.15) is 29.9 Å². The first-order valence-electron chi connectivity index (χ1n) is 10.6. The summed E-state index contributed by atoms with van der Waals surface area (Å²) in [4.78, 5) is 38.6. The molecule has 8 heteroatoms. The van der Waals surface area contributed by atoms with Crippen molar-refractivity contribution in [1.29, 1.82) is 0 Å². The predicted molar refractivity (Wildman–Crippen MR) is 120 cm³/mol. The second-order valence-electron chi connectivity index (χ2n) is 8.30. The zero-order valence-electron chi connectivity index (χ0n) is 17.7. The number of rotatable bonds is 4. The summed E-state index contributed by atoms with van der Waals surface area (Å²) < 4.78 is 11.9. The molecule has 0 radical (unpaired) electrons. The van der Waals surface area contributed by atoms with Crippen LogP contribution < -0.4 is 16.6 Å². The van der Waals surface area contributed by atoms with Crippen molar-refractivity contribution in [1.82, 2.24) is 9.47 Å². The molecule has 0 unspecified atom stereocenters. The van der Waals surface area contributed by atoms with Crippen LogP contribution in [0.4, 0.5) is 5.69 Å². The first kappa shape index (κ1) is 20.3. The predicted octanol–water partition coefficient (Wildman–Crippen LogP) is 2.99. The number of nitrogens with zero attached hydrogens (tertiary/aromatic N) is 2. The standard InChI is InChI=1S/C24H23N3O5/c1-26-11-9-16(10-12-26)21-18-14-17(25-20(28)13-15-5-3-2-4-6-15)7-8-19(18)27-22(21)31-23(29)24(30)32-27/h2-8,14,16H,9-13H2,1H3,(H,25,28). The third-order valence-corrected chi connectivity index (χ3v) is 6.07. The van der Waals surface area contributed by atoms with Crippen molar-refractivity contribution in [2.24, 2.45) is 0 Å². The van der Waals surface area contributed by atoms with E-state index in [1.807, 2.05) is 36.4 Å². The molecule has 8 nitrogen and oxygen atoms in total. The van der Waals surface area contributed by atoms with Gasteiger partial charge >= 0.3 is 11.3 Å². The van der Waals surface area contributed by atoms with Crippen molar-refractivity contribution < 1.29 is 13.7 Å². The van der Waals surface area contributed by atoms with Crippen LogP contribution in [0.3, 0.4) is 0 Å². The van der Waals surface area contributed by atoms with Gasteiger partial charge in [-0.2, -0.15) is 0 Å². The Morgan fingerprint density at radius 2 is 1.81 bits per heavy atom. The SMILES string of the molecule is CN1CCC(c2c3cc(NC(=O)Cc4ccccc4)ccc3n3oc(=O)c(=O)oc23)CC1. The van der Waals surface area contributed by atoms with Gasteiger partial charge in [-0.3, -0.25) is 4.79 Å². The van der Waals surface area contributed by atoms with Crippen molar-refractivity contribution in [2.45, 2.75) is 25.2 Å². The summed E-state index contributed by atoms with van der Waals surface area (Å²) in [5.74, 6) is 0.0167.